The molecule has 4 aromatic rings. The van der Waals surface area contributed by atoms with Crippen LogP contribution < -0.4 is 42.5 Å². The van der Waals surface area contributed by atoms with Crippen molar-refractivity contribution in [2.75, 3.05) is 94.9 Å². The third-order valence-corrected chi connectivity index (χ3v) is 7.40. The van der Waals surface area contributed by atoms with Crippen molar-refractivity contribution in [1.82, 2.24) is 29.9 Å². The van der Waals surface area contributed by atoms with Gasteiger partial charge in [-0.1, -0.05) is 11.6 Å². The molecular weight excluding hydrogens is 687 g/mol. The Balaban J connectivity index is 0.000000297. The van der Waals surface area contributed by atoms with E-state index in [2.05, 4.69) is 49.5 Å². The molecule has 0 aromatic carbocycles. The number of nitrogens with two attached hydrogens (primary N) is 4. The Labute approximate surface area is 296 Å². The van der Waals surface area contributed by atoms with Gasteiger partial charge in [-0.3, -0.25) is 0 Å². The first-order chi connectivity index (χ1) is 22.8. The number of hydrogen-bond donors (Lipinski definition) is 4. The number of nitrogen functional groups attached to an aromatic ring is 4. The number of aromatic nitrogens is 6. The average Bonchev–Trinajstić information content (AvgIpc) is 3.11. The van der Waals surface area contributed by atoms with Crippen LogP contribution >= 0.6 is 11.6 Å². The number of nitrogens with zero attached hydrogens (tertiary/aromatic N) is 13. The van der Waals surface area contributed by atoms with Crippen LogP contribution in [0.2, 0.25) is 5.15 Å². The van der Waals surface area contributed by atoms with E-state index in [0.717, 1.165) is 75.1 Å². The van der Waals surface area contributed by atoms with Gasteiger partial charge >= 0.3 is 19.5 Å². The van der Waals surface area contributed by atoms with Gasteiger partial charge in [0, 0.05) is 52.4 Å². The van der Waals surface area contributed by atoms with Crippen molar-refractivity contribution in [2.45, 2.75) is 0 Å². The molecule has 0 amide bonds. The quantitative estimate of drug-likeness (QED) is 0.132. The third kappa shape index (κ3) is 10.1. The molecule has 0 radical (unpaired) electrons. The summed E-state index contributed by atoms with van der Waals surface area (Å²) < 4.78 is 0. The normalized spacial score (nSPS) is 13.5. The fraction of sp³-hybridized carbons (Fsp3) is 0.276. The van der Waals surface area contributed by atoms with Crippen LogP contribution in [0.25, 0.3) is 0 Å². The molecule has 0 saturated carbocycles. The molecule has 0 unspecified atom stereocenters. The maximum atomic E-state index is 8.78. The van der Waals surface area contributed by atoms with E-state index in [1.165, 1.54) is 0 Å². The van der Waals surface area contributed by atoms with Crippen molar-refractivity contribution < 1.29 is 19.5 Å². The van der Waals surface area contributed by atoms with E-state index < -0.39 is 0 Å². The van der Waals surface area contributed by atoms with Crippen LogP contribution in [0.5, 0.6) is 0 Å². The van der Waals surface area contributed by atoms with Gasteiger partial charge in [0.25, 0.3) is 0 Å². The molecule has 17 nitrogen and oxygen atoms in total. The van der Waals surface area contributed by atoms with Crippen LogP contribution in [0, 0.1) is 35.0 Å². The van der Waals surface area contributed by atoms with Crippen LogP contribution in [-0.4, -0.2) is 82.3 Å². The van der Waals surface area contributed by atoms with Gasteiger partial charge in [0.2, 0.25) is 11.9 Å². The van der Waals surface area contributed by atoms with E-state index >= 15 is 0 Å². The zero-order chi connectivity index (χ0) is 34.3. The number of rotatable bonds is 4. The second-order valence-electron chi connectivity index (χ2n) is 9.80. The van der Waals surface area contributed by atoms with Gasteiger partial charge in [0.1, 0.15) is 16.9 Å². The van der Waals surface area contributed by atoms with Crippen molar-refractivity contribution in [3.8, 4) is 6.07 Å². The number of piperazine rings is 2. The van der Waals surface area contributed by atoms with Crippen LogP contribution in [0.3, 0.4) is 0 Å². The Morgan fingerprint density at radius 3 is 1.31 bits per heavy atom. The molecule has 8 N–H and O–H groups in total. The van der Waals surface area contributed by atoms with Crippen molar-refractivity contribution >= 4 is 57.9 Å². The SMILES string of the molecule is N#Cc1ccc(N2CCN(c3cnc(N)nc3N)CC2)cn1.Nc1ncc(N2CCN(c3ccc(Cl)nc3)CC2)c(N)n1.[C-]#N.[C-]#N.[Zn+2]. The molecule has 4 aromatic heterocycles. The van der Waals surface area contributed by atoms with Crippen molar-refractivity contribution in [2.24, 2.45) is 0 Å². The maximum absolute atomic E-state index is 8.78. The van der Waals surface area contributed by atoms with Gasteiger partial charge in [-0.2, -0.15) is 15.2 Å². The van der Waals surface area contributed by atoms with Gasteiger partial charge in [0.05, 0.1) is 47.5 Å². The second kappa shape index (κ2) is 19.0. The van der Waals surface area contributed by atoms with Gasteiger partial charge in [-0.15, -0.1) is 0 Å². The van der Waals surface area contributed by atoms with Crippen molar-refractivity contribution in [3.63, 3.8) is 0 Å². The summed E-state index contributed by atoms with van der Waals surface area (Å²) in [6, 6.07) is 9.45. The van der Waals surface area contributed by atoms with Crippen molar-refractivity contribution in [3.05, 3.63) is 73.0 Å². The van der Waals surface area contributed by atoms with E-state index in [9.17, 15) is 0 Å². The Bertz CT molecular complexity index is 1660. The fourth-order valence-electron chi connectivity index (χ4n) is 4.90. The number of hydrogen-bond acceptors (Lipinski definition) is 17. The second-order valence-corrected chi connectivity index (χ2v) is 10.2. The van der Waals surface area contributed by atoms with Crippen LogP contribution in [0.4, 0.5) is 46.3 Å². The summed E-state index contributed by atoms with van der Waals surface area (Å²) in [7, 11) is 0. The summed E-state index contributed by atoms with van der Waals surface area (Å²) in [6.45, 7) is 16.2. The first kappa shape index (κ1) is 38.4. The third-order valence-electron chi connectivity index (χ3n) is 7.18. The molecule has 2 aliphatic rings. The summed E-state index contributed by atoms with van der Waals surface area (Å²) in [5.41, 5.74) is 27.0. The molecule has 242 valence electrons. The topological polar surface area (TPSA) is 266 Å². The first-order valence-corrected chi connectivity index (χ1v) is 14.4. The Kier molecular flexibility index (Phi) is 15.2. The number of nitriles is 1. The molecule has 2 saturated heterocycles. The smallest absolute Gasteiger partial charge is 0.512 e. The molecule has 0 aliphatic carbocycles. The molecule has 6 heterocycles. The maximum Gasteiger partial charge on any atom is 2.00 e. The molecule has 48 heavy (non-hydrogen) atoms. The Hall–Kier alpha value is -5.76. The number of pyridine rings is 2. The zero-order valence-electron chi connectivity index (χ0n) is 26.0. The molecule has 0 bridgehead atoms. The average molecular weight is 720 g/mol. The van der Waals surface area contributed by atoms with Crippen LogP contribution in [0.1, 0.15) is 5.69 Å². The summed E-state index contributed by atoms with van der Waals surface area (Å²) in [4.78, 5) is 33.0. The van der Waals surface area contributed by atoms with Gasteiger partial charge in [0.15, 0.2) is 11.6 Å². The largest absolute Gasteiger partial charge is 2.00 e. The van der Waals surface area contributed by atoms with E-state index in [4.69, 9.17) is 63.5 Å². The molecule has 0 spiro atoms. The van der Waals surface area contributed by atoms with E-state index in [-0.39, 0.29) is 31.4 Å². The van der Waals surface area contributed by atoms with E-state index in [1.54, 1.807) is 36.9 Å². The molecule has 6 rings (SSSR count). The fourth-order valence-corrected chi connectivity index (χ4v) is 5.01. The van der Waals surface area contributed by atoms with Gasteiger partial charge in [-0.05, 0) is 24.3 Å². The first-order valence-electron chi connectivity index (χ1n) is 14.0. The summed E-state index contributed by atoms with van der Waals surface area (Å²) in [6.07, 6.45) is 6.86. The predicted molar refractivity (Wildman–Crippen MR) is 179 cm³/mol. The van der Waals surface area contributed by atoms with E-state index in [1.807, 2.05) is 18.2 Å². The predicted octanol–water partition coefficient (Wildman–Crippen LogP) is 1.44. The molecule has 0 atom stereocenters. The zero-order valence-corrected chi connectivity index (χ0v) is 29.7. The molecular formula is C29H32ClN17Zn. The minimum Gasteiger partial charge on any atom is -0.512 e. The summed E-state index contributed by atoms with van der Waals surface area (Å²) in [5, 5.41) is 21.8. The standard InChI is InChI=1S/C14H16N8.C13H16ClN7.2CN.Zn/c15-7-10-1-2-11(8-18-10)21-3-5-22(6-4-21)12-9-19-14(17)20-13(12)16;14-11-2-1-9(7-17-11)20-3-5-21(6-4-20)10-8-18-13(16)19-12(10)15;2*1-2;/h1-2,8-9H,3-6H2,(H4,16,17,19,20);1-2,7-8H,3-6H2,(H4,15,16,18,19);;;/q;;2*-1;+2. The number of anilines is 8. The molecule has 2 aliphatic heterocycles. The van der Waals surface area contributed by atoms with Gasteiger partial charge < -0.3 is 66.2 Å². The Morgan fingerprint density at radius 1 is 0.583 bits per heavy atom. The molecule has 2 fully saturated rings. The minimum absolute atomic E-state index is 0. The summed E-state index contributed by atoms with van der Waals surface area (Å²) >= 11 is 5.81. The van der Waals surface area contributed by atoms with E-state index in [0.29, 0.717) is 22.5 Å². The monoisotopic (exact) mass is 717 g/mol. The number of halogens is 1. The molecule has 19 heteroatoms. The van der Waals surface area contributed by atoms with Crippen LogP contribution in [-0.2, 0) is 19.5 Å². The Morgan fingerprint density at radius 2 is 0.979 bits per heavy atom. The minimum atomic E-state index is 0. The van der Waals surface area contributed by atoms with Crippen LogP contribution in [0.15, 0.2) is 49.1 Å². The summed E-state index contributed by atoms with van der Waals surface area (Å²) in [5.74, 6) is 1.20. The van der Waals surface area contributed by atoms with Crippen molar-refractivity contribution in [1.29, 1.82) is 15.8 Å². The van der Waals surface area contributed by atoms with Gasteiger partial charge in [-0.25, -0.2) is 19.9 Å².